The molecule has 66 valence electrons. The molecule has 1 aromatic heterocycles. The van der Waals surface area contributed by atoms with Gasteiger partial charge in [-0.25, -0.2) is 9.36 Å². The van der Waals surface area contributed by atoms with Gasteiger partial charge in [0.05, 0.1) is 5.52 Å². The number of nitrogens with zero attached hydrogens (tertiary/aromatic N) is 1. The predicted octanol–water partition coefficient (Wildman–Crippen LogP) is 2.31. The van der Waals surface area contributed by atoms with Gasteiger partial charge in [0.25, 0.3) is 0 Å². The summed E-state index contributed by atoms with van der Waals surface area (Å²) in [5.74, 6) is -0.756. The summed E-state index contributed by atoms with van der Waals surface area (Å²) in [6.07, 6.45) is -1.31. The van der Waals surface area contributed by atoms with Crippen LogP contribution >= 0.6 is 0 Å². The van der Waals surface area contributed by atoms with Crippen LogP contribution in [0.4, 0.5) is 9.18 Å². The van der Waals surface area contributed by atoms with E-state index in [4.69, 9.17) is 5.11 Å². The molecular weight excluding hydrogens is 173 g/mol. The fourth-order valence-electron chi connectivity index (χ4n) is 1.32. The van der Waals surface area contributed by atoms with E-state index in [0.717, 1.165) is 0 Å². The third kappa shape index (κ3) is 1.07. The molecule has 0 radical (unpaired) electrons. The molecule has 4 heteroatoms. The maximum absolute atomic E-state index is 13.0. The van der Waals surface area contributed by atoms with Gasteiger partial charge in [-0.05, 0) is 6.07 Å². The van der Waals surface area contributed by atoms with Crippen molar-refractivity contribution in [2.45, 2.75) is 0 Å². The number of hydrogen-bond acceptors (Lipinski definition) is 1. The molecule has 0 saturated carbocycles. The van der Waals surface area contributed by atoms with E-state index >= 15 is 0 Å². The molecule has 1 N–H and O–H groups in total. The van der Waals surface area contributed by atoms with E-state index in [9.17, 15) is 9.18 Å². The molecule has 0 bridgehead atoms. The van der Waals surface area contributed by atoms with E-state index in [1.807, 2.05) is 0 Å². The van der Waals surface area contributed by atoms with E-state index < -0.39 is 12.0 Å². The number of carbonyl (C=O) groups is 1. The van der Waals surface area contributed by atoms with Gasteiger partial charge < -0.3 is 5.11 Å². The standard InChI is InChI=1S/C9H6FNO2/c10-8-5-6-3-1-2-4-7(6)11(8)9(12)13/h1-5H,(H,12,13). The number of halogens is 1. The van der Waals surface area contributed by atoms with Crippen LogP contribution in [0.1, 0.15) is 0 Å². The van der Waals surface area contributed by atoms with E-state index in [0.29, 0.717) is 15.5 Å². The molecule has 3 nitrogen and oxygen atoms in total. The SMILES string of the molecule is O=C(O)n1c(F)cc2ccccc21. The summed E-state index contributed by atoms with van der Waals surface area (Å²) < 4.78 is 13.7. The summed E-state index contributed by atoms with van der Waals surface area (Å²) in [5.41, 5.74) is 0.368. The van der Waals surface area contributed by atoms with Crippen LogP contribution in [0.25, 0.3) is 10.9 Å². The fraction of sp³-hybridized carbons (Fsp3) is 0. The Hall–Kier alpha value is -1.84. The van der Waals surface area contributed by atoms with Gasteiger partial charge in [0.2, 0.25) is 5.95 Å². The van der Waals surface area contributed by atoms with Gasteiger partial charge in [-0.3, -0.25) is 0 Å². The van der Waals surface area contributed by atoms with Crippen molar-refractivity contribution in [3.05, 3.63) is 36.3 Å². The van der Waals surface area contributed by atoms with Crippen LogP contribution in [-0.2, 0) is 0 Å². The molecule has 0 unspecified atom stereocenters. The average molecular weight is 179 g/mol. The van der Waals surface area contributed by atoms with Crippen LogP contribution in [0.3, 0.4) is 0 Å². The summed E-state index contributed by atoms with van der Waals surface area (Å²) in [4.78, 5) is 10.6. The molecule has 0 aliphatic rings. The third-order valence-corrected chi connectivity index (χ3v) is 1.86. The Labute approximate surface area is 73.0 Å². The van der Waals surface area contributed by atoms with Gasteiger partial charge in [-0.2, -0.15) is 4.39 Å². The number of aromatic nitrogens is 1. The summed E-state index contributed by atoms with van der Waals surface area (Å²) in [5, 5.41) is 9.26. The smallest absolute Gasteiger partial charge is 0.418 e. The first-order valence-corrected chi connectivity index (χ1v) is 3.69. The number of fused-ring (bicyclic) bond motifs is 1. The molecule has 0 fully saturated rings. The van der Waals surface area contributed by atoms with Gasteiger partial charge in [0, 0.05) is 11.5 Å². The second-order valence-corrected chi connectivity index (χ2v) is 2.64. The van der Waals surface area contributed by atoms with Crippen molar-refractivity contribution in [2.24, 2.45) is 0 Å². The lowest BCUT2D eigenvalue weighted by molar-refractivity contribution is 0.194. The summed E-state index contributed by atoms with van der Waals surface area (Å²) >= 11 is 0. The quantitative estimate of drug-likeness (QED) is 0.674. The third-order valence-electron chi connectivity index (χ3n) is 1.86. The van der Waals surface area contributed by atoms with Crippen molar-refractivity contribution in [3.63, 3.8) is 0 Å². The first-order valence-electron chi connectivity index (χ1n) is 3.69. The largest absolute Gasteiger partial charge is 0.464 e. The Bertz CT molecular complexity index is 475. The average Bonchev–Trinajstić information content (AvgIpc) is 2.39. The Morgan fingerprint density at radius 2 is 2.08 bits per heavy atom. The molecule has 2 rings (SSSR count). The minimum absolute atomic E-state index is 0.368. The van der Waals surface area contributed by atoms with Crippen molar-refractivity contribution in [1.29, 1.82) is 0 Å². The molecule has 0 atom stereocenters. The molecule has 0 spiro atoms. The van der Waals surface area contributed by atoms with E-state index in [1.165, 1.54) is 6.07 Å². The lowest BCUT2D eigenvalue weighted by Gasteiger charge is -1.96. The number of rotatable bonds is 0. The molecule has 0 aliphatic heterocycles. The zero-order chi connectivity index (χ0) is 9.42. The maximum atomic E-state index is 13.0. The zero-order valence-corrected chi connectivity index (χ0v) is 6.57. The van der Waals surface area contributed by atoms with Crippen molar-refractivity contribution >= 4 is 17.0 Å². The number of carboxylic acid groups (broad SMARTS) is 1. The number of hydrogen-bond donors (Lipinski definition) is 1. The number of para-hydroxylation sites is 1. The van der Waals surface area contributed by atoms with Crippen molar-refractivity contribution in [2.75, 3.05) is 0 Å². The second-order valence-electron chi connectivity index (χ2n) is 2.64. The lowest BCUT2D eigenvalue weighted by atomic mass is 10.2. The van der Waals surface area contributed by atoms with Crippen LogP contribution in [0.5, 0.6) is 0 Å². The highest BCUT2D eigenvalue weighted by molar-refractivity contribution is 5.88. The topological polar surface area (TPSA) is 42.2 Å². The predicted molar refractivity (Wildman–Crippen MR) is 45.3 cm³/mol. The zero-order valence-electron chi connectivity index (χ0n) is 6.57. The van der Waals surface area contributed by atoms with Crippen LogP contribution in [0.15, 0.2) is 30.3 Å². The minimum Gasteiger partial charge on any atom is -0.464 e. The van der Waals surface area contributed by atoms with E-state index in [2.05, 4.69) is 0 Å². The van der Waals surface area contributed by atoms with Gasteiger partial charge in [0.1, 0.15) is 0 Å². The van der Waals surface area contributed by atoms with Crippen molar-refractivity contribution < 1.29 is 14.3 Å². The normalized spacial score (nSPS) is 10.5. The van der Waals surface area contributed by atoms with E-state index in [-0.39, 0.29) is 0 Å². The summed E-state index contributed by atoms with van der Waals surface area (Å²) in [6, 6.07) is 7.82. The van der Waals surface area contributed by atoms with Crippen LogP contribution in [-0.4, -0.2) is 15.8 Å². The lowest BCUT2D eigenvalue weighted by Crippen LogP contribution is -2.09. The molecule has 13 heavy (non-hydrogen) atoms. The molecule has 2 aromatic rings. The van der Waals surface area contributed by atoms with Crippen molar-refractivity contribution in [1.82, 2.24) is 4.57 Å². The monoisotopic (exact) mass is 179 g/mol. The van der Waals surface area contributed by atoms with Gasteiger partial charge in [-0.1, -0.05) is 18.2 Å². The maximum Gasteiger partial charge on any atom is 0.418 e. The Kier molecular flexibility index (Phi) is 1.55. The fourth-order valence-corrected chi connectivity index (χ4v) is 1.32. The van der Waals surface area contributed by atoms with Gasteiger partial charge in [0.15, 0.2) is 0 Å². The molecule has 1 heterocycles. The molecule has 0 aliphatic carbocycles. The first kappa shape index (κ1) is 7.79. The molecule has 0 amide bonds. The second kappa shape index (κ2) is 2.58. The Morgan fingerprint density at radius 3 is 2.77 bits per heavy atom. The van der Waals surface area contributed by atoms with Gasteiger partial charge >= 0.3 is 6.09 Å². The summed E-state index contributed by atoms with van der Waals surface area (Å²) in [7, 11) is 0. The minimum atomic E-state index is -1.31. The highest BCUT2D eigenvalue weighted by Gasteiger charge is 2.12. The van der Waals surface area contributed by atoms with Crippen LogP contribution in [0, 0.1) is 5.95 Å². The molecule has 0 saturated heterocycles. The molecule has 1 aromatic carbocycles. The van der Waals surface area contributed by atoms with Crippen molar-refractivity contribution in [3.8, 4) is 0 Å². The summed E-state index contributed by atoms with van der Waals surface area (Å²) in [6.45, 7) is 0. The molecular formula is C9H6FNO2. The van der Waals surface area contributed by atoms with Crippen LogP contribution in [0.2, 0.25) is 0 Å². The highest BCUT2D eigenvalue weighted by Crippen LogP contribution is 2.17. The Balaban J connectivity index is 2.86. The van der Waals surface area contributed by atoms with E-state index in [1.54, 1.807) is 24.3 Å². The first-order chi connectivity index (χ1) is 6.20. The van der Waals surface area contributed by atoms with Gasteiger partial charge in [-0.15, -0.1) is 0 Å². The Morgan fingerprint density at radius 1 is 1.38 bits per heavy atom. The highest BCUT2D eigenvalue weighted by atomic mass is 19.1. The van der Waals surface area contributed by atoms with Crippen LogP contribution < -0.4 is 0 Å². The number of benzene rings is 1.